The van der Waals surface area contributed by atoms with E-state index in [9.17, 15) is 19.2 Å². The van der Waals surface area contributed by atoms with E-state index in [1.807, 2.05) is 30.3 Å². The third-order valence-electron chi connectivity index (χ3n) is 6.51. The Bertz CT molecular complexity index is 1210. The Morgan fingerprint density at radius 3 is 2.42 bits per heavy atom. The molecule has 4 amide bonds. The molecular weight excluding hydrogens is 522 g/mol. The number of nitrogens with one attached hydrogen (secondary N) is 2. The van der Waals surface area contributed by atoms with Crippen molar-refractivity contribution in [3.05, 3.63) is 53.6 Å². The minimum Gasteiger partial charge on any atom is -0.483 e. The Balaban J connectivity index is 1.35. The molecular formula is C28H33N3O9. The van der Waals surface area contributed by atoms with E-state index in [0.717, 1.165) is 5.56 Å². The van der Waals surface area contributed by atoms with Gasteiger partial charge in [-0.15, -0.1) is 0 Å². The number of aliphatic hydroxyl groups is 1. The van der Waals surface area contributed by atoms with Crippen LogP contribution in [0, 0.1) is 0 Å². The molecule has 0 bridgehead atoms. The quantitative estimate of drug-likeness (QED) is 0.163. The molecule has 0 aromatic heterocycles. The number of piperidine rings is 1. The Morgan fingerprint density at radius 1 is 0.975 bits per heavy atom. The zero-order valence-electron chi connectivity index (χ0n) is 22.1. The first-order valence-corrected chi connectivity index (χ1v) is 13.1. The molecule has 12 nitrogen and oxygen atoms in total. The van der Waals surface area contributed by atoms with Crippen LogP contribution in [0.2, 0.25) is 0 Å². The third kappa shape index (κ3) is 7.42. The molecule has 2 aromatic rings. The van der Waals surface area contributed by atoms with Crippen LogP contribution in [0.5, 0.6) is 5.75 Å². The van der Waals surface area contributed by atoms with Gasteiger partial charge in [0, 0.05) is 18.5 Å². The van der Waals surface area contributed by atoms with Crippen molar-refractivity contribution in [1.82, 2.24) is 15.5 Å². The number of hydrogen-bond acceptors (Lipinski definition) is 9. The van der Waals surface area contributed by atoms with Crippen LogP contribution in [-0.2, 0) is 35.1 Å². The van der Waals surface area contributed by atoms with Gasteiger partial charge in [0.15, 0.2) is 6.61 Å². The minimum atomic E-state index is -0.767. The average molecular weight is 556 g/mol. The lowest BCUT2D eigenvalue weighted by molar-refractivity contribution is -0.137. The van der Waals surface area contributed by atoms with Gasteiger partial charge in [-0.2, -0.15) is 0 Å². The maximum atomic E-state index is 13.6. The maximum absolute atomic E-state index is 13.6. The van der Waals surface area contributed by atoms with E-state index in [0.29, 0.717) is 55.5 Å². The topological polar surface area (TPSA) is 153 Å². The van der Waals surface area contributed by atoms with Crippen LogP contribution in [0.25, 0.3) is 11.1 Å². The second-order valence-electron chi connectivity index (χ2n) is 9.13. The first kappa shape index (κ1) is 29.2. The van der Waals surface area contributed by atoms with Gasteiger partial charge >= 0.3 is 0 Å². The number of rotatable bonds is 15. The van der Waals surface area contributed by atoms with Gasteiger partial charge < -0.3 is 34.3 Å². The minimum absolute atomic E-state index is 0.125. The molecule has 1 unspecified atom stereocenters. The fourth-order valence-electron chi connectivity index (χ4n) is 4.60. The Kier molecular flexibility index (Phi) is 10.6. The third-order valence-corrected chi connectivity index (χ3v) is 6.51. The van der Waals surface area contributed by atoms with E-state index in [1.165, 1.54) is 4.90 Å². The fraction of sp³-hybridized carbons (Fsp3) is 0.429. The molecule has 40 heavy (non-hydrogen) atoms. The number of carbonyl (C=O) groups is 4. The van der Waals surface area contributed by atoms with E-state index in [1.54, 1.807) is 12.1 Å². The molecule has 2 heterocycles. The van der Waals surface area contributed by atoms with Gasteiger partial charge in [0.1, 0.15) is 18.6 Å². The highest BCUT2D eigenvalue weighted by Gasteiger charge is 2.41. The summed E-state index contributed by atoms with van der Waals surface area (Å²) in [5.74, 6) is -1.14. The van der Waals surface area contributed by atoms with Crippen LogP contribution < -0.4 is 15.4 Å². The lowest BCUT2D eigenvalue weighted by Crippen LogP contribution is -2.52. The number of amides is 4. The summed E-state index contributed by atoms with van der Waals surface area (Å²) in [4.78, 5) is 51.6. The molecule has 2 aromatic carbocycles. The normalized spacial score (nSPS) is 16.6. The number of imide groups is 1. The second-order valence-corrected chi connectivity index (χ2v) is 9.13. The fourth-order valence-corrected chi connectivity index (χ4v) is 4.60. The molecule has 12 heteroatoms. The predicted molar refractivity (Wildman–Crippen MR) is 141 cm³/mol. The summed E-state index contributed by atoms with van der Waals surface area (Å²) >= 11 is 0. The van der Waals surface area contributed by atoms with Crippen LogP contribution in [0.4, 0.5) is 0 Å². The van der Waals surface area contributed by atoms with Crippen molar-refractivity contribution in [2.24, 2.45) is 0 Å². The number of carbonyl (C=O) groups excluding carboxylic acids is 4. The standard InChI is InChI=1S/C28H33N3O9/c32-18-39-15-14-38-13-12-37-11-10-29-25(34)17-40-23-8-6-20(19-4-2-1-3-5-19)26-21(23)16-31(28(26)36)22-7-9-24(33)30-27(22)35/h1-6,8,22,32H,7,9-18H2,(H,29,34)(H,30,33,35). The molecule has 0 saturated carbocycles. The van der Waals surface area contributed by atoms with Crippen molar-refractivity contribution in [1.29, 1.82) is 0 Å². The molecule has 0 spiro atoms. The van der Waals surface area contributed by atoms with Gasteiger partial charge in [-0.25, -0.2) is 0 Å². The first-order valence-electron chi connectivity index (χ1n) is 13.1. The average Bonchev–Trinajstić information content (AvgIpc) is 3.30. The SMILES string of the molecule is O=C(COc1ccc(-c2ccccc2)c2c1CN(C1CCC(=O)NC1=O)C2=O)NCCOCCOCCOCO. The number of nitrogens with zero attached hydrogens (tertiary/aromatic N) is 1. The summed E-state index contributed by atoms with van der Waals surface area (Å²) in [7, 11) is 0. The van der Waals surface area contributed by atoms with E-state index in [2.05, 4.69) is 10.6 Å². The monoisotopic (exact) mass is 555 g/mol. The van der Waals surface area contributed by atoms with Gasteiger partial charge in [0.25, 0.3) is 11.8 Å². The van der Waals surface area contributed by atoms with Crippen molar-refractivity contribution in [3.8, 4) is 16.9 Å². The van der Waals surface area contributed by atoms with Gasteiger partial charge in [0.2, 0.25) is 11.8 Å². The lowest BCUT2D eigenvalue weighted by Gasteiger charge is -2.29. The molecule has 1 atom stereocenters. The van der Waals surface area contributed by atoms with E-state index < -0.39 is 11.9 Å². The van der Waals surface area contributed by atoms with E-state index >= 15 is 0 Å². The van der Waals surface area contributed by atoms with Crippen molar-refractivity contribution < 1.29 is 43.2 Å². The number of benzene rings is 2. The number of ether oxygens (including phenoxy) is 4. The molecule has 3 N–H and O–H groups in total. The van der Waals surface area contributed by atoms with Crippen molar-refractivity contribution in [2.45, 2.75) is 25.4 Å². The highest BCUT2D eigenvalue weighted by atomic mass is 16.6. The molecule has 214 valence electrons. The van der Waals surface area contributed by atoms with Crippen LogP contribution in [0.15, 0.2) is 42.5 Å². The number of hydrogen-bond donors (Lipinski definition) is 3. The van der Waals surface area contributed by atoms with Crippen molar-refractivity contribution in [2.75, 3.05) is 53.0 Å². The first-order chi connectivity index (χ1) is 19.5. The van der Waals surface area contributed by atoms with Gasteiger partial charge in [-0.1, -0.05) is 30.3 Å². The van der Waals surface area contributed by atoms with Crippen LogP contribution >= 0.6 is 0 Å². The van der Waals surface area contributed by atoms with Gasteiger partial charge in [0.05, 0.1) is 45.1 Å². The predicted octanol–water partition coefficient (Wildman–Crippen LogP) is 0.609. The molecule has 1 saturated heterocycles. The summed E-state index contributed by atoms with van der Waals surface area (Å²) in [5.41, 5.74) is 2.56. The largest absolute Gasteiger partial charge is 0.483 e. The van der Waals surface area contributed by atoms with E-state index in [-0.39, 0.29) is 57.1 Å². The molecule has 4 rings (SSSR count). The van der Waals surface area contributed by atoms with Crippen LogP contribution in [0.1, 0.15) is 28.8 Å². The number of fused-ring (bicyclic) bond motifs is 1. The Labute approximate surface area is 231 Å². The molecule has 2 aliphatic rings. The Morgan fingerprint density at radius 2 is 1.70 bits per heavy atom. The number of aliphatic hydroxyl groups excluding tert-OH is 1. The molecule has 2 aliphatic heterocycles. The summed E-state index contributed by atoms with van der Waals surface area (Å²) in [5, 5.41) is 13.5. The zero-order valence-corrected chi connectivity index (χ0v) is 22.1. The zero-order chi connectivity index (χ0) is 28.3. The molecule has 1 fully saturated rings. The highest BCUT2D eigenvalue weighted by molar-refractivity contribution is 6.09. The van der Waals surface area contributed by atoms with Crippen LogP contribution in [-0.4, -0.2) is 92.7 Å². The maximum Gasteiger partial charge on any atom is 0.258 e. The summed E-state index contributed by atoms with van der Waals surface area (Å²) in [6, 6.07) is 12.2. The highest BCUT2D eigenvalue weighted by Crippen LogP contribution is 2.39. The second kappa shape index (κ2) is 14.5. The van der Waals surface area contributed by atoms with E-state index in [4.69, 9.17) is 24.1 Å². The van der Waals surface area contributed by atoms with Gasteiger partial charge in [-0.3, -0.25) is 24.5 Å². The van der Waals surface area contributed by atoms with Gasteiger partial charge in [-0.05, 0) is 29.7 Å². The summed E-state index contributed by atoms with van der Waals surface area (Å²) in [6.07, 6.45) is 0.401. The molecule has 0 aliphatic carbocycles. The summed E-state index contributed by atoms with van der Waals surface area (Å²) in [6.45, 7) is 1.45. The molecule has 0 radical (unpaired) electrons. The summed E-state index contributed by atoms with van der Waals surface area (Å²) < 4.78 is 21.2. The van der Waals surface area contributed by atoms with Crippen molar-refractivity contribution in [3.63, 3.8) is 0 Å². The Hall–Kier alpha value is -3.84. The van der Waals surface area contributed by atoms with Crippen LogP contribution in [0.3, 0.4) is 0 Å². The lowest BCUT2D eigenvalue weighted by atomic mass is 9.96. The van der Waals surface area contributed by atoms with Crippen molar-refractivity contribution >= 4 is 23.6 Å². The smallest absolute Gasteiger partial charge is 0.258 e.